The average molecular weight is 186 g/mol. The van der Waals surface area contributed by atoms with Crippen LogP contribution < -0.4 is 0 Å². The maximum atomic E-state index is 8.12. The predicted octanol–water partition coefficient (Wildman–Crippen LogP) is 3.63. The van der Waals surface area contributed by atoms with Gasteiger partial charge in [0.05, 0.1) is 14.9 Å². The van der Waals surface area contributed by atoms with Gasteiger partial charge in [-0.3, -0.25) is 0 Å². The standard InChI is InChI=1S/C12H24O/c1-11(2,3)7-9-10(13-9)8-12(4,5)6/h9-10H,7-8H2,1-6H3/i9D,10D. The molecule has 1 aliphatic rings. The minimum atomic E-state index is -0.988. The van der Waals surface area contributed by atoms with E-state index in [4.69, 9.17) is 7.48 Å². The Kier molecular flexibility index (Phi) is 2.08. The maximum Gasteiger partial charge on any atom is 0.0847 e. The molecule has 0 N–H and O–H groups in total. The Morgan fingerprint density at radius 1 is 0.923 bits per heavy atom. The monoisotopic (exact) mass is 186 g/mol. The van der Waals surface area contributed by atoms with E-state index in [0.29, 0.717) is 12.8 Å². The van der Waals surface area contributed by atoms with E-state index >= 15 is 0 Å². The van der Waals surface area contributed by atoms with Gasteiger partial charge in [-0.15, -0.1) is 0 Å². The number of rotatable bonds is 2. The Hall–Kier alpha value is -0.0400. The third-order valence-electron chi connectivity index (χ3n) is 1.90. The highest BCUT2D eigenvalue weighted by Gasteiger charge is 2.42. The summed E-state index contributed by atoms with van der Waals surface area (Å²) in [5, 5.41) is 0. The zero-order chi connectivity index (χ0) is 12.1. The first-order chi connectivity index (χ1) is 6.37. The highest BCUT2D eigenvalue weighted by atomic mass is 16.6. The van der Waals surface area contributed by atoms with Gasteiger partial charge in [-0.05, 0) is 23.7 Å². The van der Waals surface area contributed by atoms with Crippen molar-refractivity contribution in [2.45, 2.75) is 66.5 Å². The average Bonchev–Trinajstić information content (AvgIpc) is 2.19. The van der Waals surface area contributed by atoms with Crippen LogP contribution in [0.25, 0.3) is 0 Å². The molecule has 1 heteroatoms. The van der Waals surface area contributed by atoms with Crippen molar-refractivity contribution < 1.29 is 7.48 Å². The van der Waals surface area contributed by atoms with Gasteiger partial charge >= 0.3 is 0 Å². The molecule has 1 heterocycles. The molecule has 13 heavy (non-hydrogen) atoms. The minimum absolute atomic E-state index is 0.0441. The quantitative estimate of drug-likeness (QED) is 0.600. The van der Waals surface area contributed by atoms with Crippen LogP contribution in [0.15, 0.2) is 0 Å². The van der Waals surface area contributed by atoms with Gasteiger partial charge in [-0.1, -0.05) is 41.5 Å². The Morgan fingerprint density at radius 3 is 1.46 bits per heavy atom. The topological polar surface area (TPSA) is 12.5 Å². The number of hydrogen-bond donors (Lipinski definition) is 0. The molecule has 2 atom stereocenters. The van der Waals surface area contributed by atoms with Crippen LogP contribution in [0.3, 0.4) is 0 Å². The van der Waals surface area contributed by atoms with Crippen molar-refractivity contribution in [1.82, 2.24) is 0 Å². The van der Waals surface area contributed by atoms with E-state index in [1.807, 2.05) is 0 Å². The summed E-state index contributed by atoms with van der Waals surface area (Å²) in [6.45, 7) is 12.5. The molecule has 1 saturated heterocycles. The minimum Gasteiger partial charge on any atom is -0.370 e. The summed E-state index contributed by atoms with van der Waals surface area (Å²) in [6, 6.07) is 0. The van der Waals surface area contributed by atoms with Crippen molar-refractivity contribution >= 4 is 0 Å². The molecule has 78 valence electrons. The number of ether oxygens (including phenoxy) is 1. The van der Waals surface area contributed by atoms with E-state index < -0.39 is 12.2 Å². The van der Waals surface area contributed by atoms with Crippen molar-refractivity contribution in [3.8, 4) is 0 Å². The molecule has 0 aromatic rings. The molecular weight excluding hydrogens is 160 g/mol. The fourth-order valence-corrected chi connectivity index (χ4v) is 1.36. The summed E-state index contributed by atoms with van der Waals surface area (Å²) >= 11 is 0. The lowest BCUT2D eigenvalue weighted by Crippen LogP contribution is -2.14. The lowest BCUT2D eigenvalue weighted by atomic mass is 9.85. The Bertz CT molecular complexity index is 225. The molecule has 0 aliphatic carbocycles. The molecule has 1 nitrogen and oxygen atoms in total. The van der Waals surface area contributed by atoms with Gasteiger partial charge in [0.15, 0.2) is 0 Å². The predicted molar refractivity (Wildman–Crippen MR) is 56.8 cm³/mol. The van der Waals surface area contributed by atoms with Gasteiger partial charge in [0.2, 0.25) is 0 Å². The fraction of sp³-hybridized carbons (Fsp3) is 1.00. The molecule has 1 aliphatic heterocycles. The molecule has 2 unspecified atom stereocenters. The molecule has 0 amide bonds. The van der Waals surface area contributed by atoms with Gasteiger partial charge in [0, 0.05) is 0 Å². The first kappa shape index (κ1) is 8.28. The molecule has 0 radical (unpaired) electrons. The molecule has 1 rings (SSSR count). The SMILES string of the molecule is [2H]C1(CC(C)(C)C)OC1([2H])CC(C)(C)C. The second kappa shape index (κ2) is 3.27. The first-order valence-electron chi connectivity index (χ1n) is 6.07. The lowest BCUT2D eigenvalue weighted by Gasteiger charge is -2.18. The third-order valence-corrected chi connectivity index (χ3v) is 1.90. The summed E-state index contributed by atoms with van der Waals surface area (Å²) in [7, 11) is 0. The van der Waals surface area contributed by atoms with Crippen LogP contribution in [0.2, 0.25) is 0 Å². The molecule has 1 fully saturated rings. The highest BCUT2D eigenvalue weighted by Crippen LogP contribution is 2.39. The van der Waals surface area contributed by atoms with Gasteiger partial charge in [-0.25, -0.2) is 0 Å². The van der Waals surface area contributed by atoms with Crippen molar-refractivity contribution in [1.29, 1.82) is 0 Å². The van der Waals surface area contributed by atoms with Crippen LogP contribution in [0.4, 0.5) is 0 Å². The van der Waals surface area contributed by atoms with Crippen LogP contribution in [0.1, 0.15) is 57.1 Å². The summed E-state index contributed by atoms with van der Waals surface area (Å²) in [5.41, 5.74) is 0.0882. The summed E-state index contributed by atoms with van der Waals surface area (Å²) in [4.78, 5) is 0. The highest BCUT2D eigenvalue weighted by molar-refractivity contribution is 4.90. The van der Waals surface area contributed by atoms with E-state index in [0.717, 1.165) is 0 Å². The molecule has 0 aromatic carbocycles. The second-order valence-corrected chi connectivity index (χ2v) is 6.42. The van der Waals surface area contributed by atoms with Crippen LogP contribution in [-0.4, -0.2) is 12.2 Å². The van der Waals surface area contributed by atoms with Gasteiger partial charge in [0.1, 0.15) is 0 Å². The zero-order valence-corrected chi connectivity index (χ0v) is 9.82. The van der Waals surface area contributed by atoms with Gasteiger partial charge in [0.25, 0.3) is 0 Å². The van der Waals surface area contributed by atoms with Crippen LogP contribution in [0, 0.1) is 10.8 Å². The first-order valence-corrected chi connectivity index (χ1v) is 5.07. The van der Waals surface area contributed by atoms with E-state index in [1.165, 1.54) is 0 Å². The van der Waals surface area contributed by atoms with Crippen molar-refractivity contribution in [2.75, 3.05) is 0 Å². The molecule has 0 spiro atoms. The van der Waals surface area contributed by atoms with E-state index in [9.17, 15) is 0 Å². The summed E-state index contributed by atoms with van der Waals surface area (Å²) in [5.74, 6) is 0. The Balaban J connectivity index is 2.63. The second-order valence-electron chi connectivity index (χ2n) is 6.42. The van der Waals surface area contributed by atoms with Crippen molar-refractivity contribution in [2.24, 2.45) is 10.8 Å². The van der Waals surface area contributed by atoms with Gasteiger partial charge < -0.3 is 4.74 Å². The van der Waals surface area contributed by atoms with Gasteiger partial charge in [-0.2, -0.15) is 0 Å². The van der Waals surface area contributed by atoms with Crippen molar-refractivity contribution in [3.05, 3.63) is 0 Å². The zero-order valence-electron chi connectivity index (χ0n) is 11.8. The van der Waals surface area contributed by atoms with Crippen molar-refractivity contribution in [3.63, 3.8) is 0 Å². The lowest BCUT2D eigenvalue weighted by molar-refractivity contribution is 0.274. The normalized spacial score (nSPS) is 42.6. The van der Waals surface area contributed by atoms with Crippen LogP contribution >= 0.6 is 0 Å². The molecule has 0 bridgehead atoms. The number of epoxide rings is 1. The molecular formula is C12H24O. The van der Waals surface area contributed by atoms with Crippen LogP contribution in [-0.2, 0) is 4.74 Å². The maximum absolute atomic E-state index is 8.12. The largest absolute Gasteiger partial charge is 0.370 e. The fourth-order valence-electron chi connectivity index (χ4n) is 1.36. The van der Waals surface area contributed by atoms with E-state index in [2.05, 4.69) is 41.5 Å². The summed E-state index contributed by atoms with van der Waals surface area (Å²) < 4.78 is 21.6. The van der Waals surface area contributed by atoms with Crippen LogP contribution in [0.5, 0.6) is 0 Å². The smallest absolute Gasteiger partial charge is 0.0847 e. The molecule has 0 saturated carbocycles. The Morgan fingerprint density at radius 2 is 1.23 bits per heavy atom. The third kappa shape index (κ3) is 4.66. The molecule has 0 aromatic heterocycles. The number of hydrogen-bond acceptors (Lipinski definition) is 1. The summed E-state index contributed by atoms with van der Waals surface area (Å²) in [6.07, 6.45) is -0.726. The van der Waals surface area contributed by atoms with E-state index in [-0.39, 0.29) is 10.8 Å². The van der Waals surface area contributed by atoms with E-state index in [1.54, 1.807) is 0 Å². The Labute approximate surface area is 85.7 Å².